The van der Waals surface area contributed by atoms with E-state index in [0.29, 0.717) is 23.6 Å². The molecule has 0 N–H and O–H groups in total. The van der Waals surface area contributed by atoms with Gasteiger partial charge in [-0.3, -0.25) is 14.2 Å². The fourth-order valence-corrected chi connectivity index (χ4v) is 4.97. The Hall–Kier alpha value is -4.14. The number of benzene rings is 2. The topological polar surface area (TPSA) is 59.7 Å². The molecule has 1 amide bonds. The highest BCUT2D eigenvalue weighted by Gasteiger charge is 2.32. The minimum atomic E-state index is -4.41. The molecule has 196 valence electrons. The fraction of sp³-hybridized carbons (Fsp3) is 0.276. The molecule has 9 heteroatoms. The second-order valence-electron chi connectivity index (χ2n) is 9.31. The number of halogens is 3. The number of aryl methyl sites for hydroxylation is 1. The zero-order valence-electron chi connectivity index (χ0n) is 20.9. The summed E-state index contributed by atoms with van der Waals surface area (Å²) in [6.45, 7) is 6.20. The molecule has 0 bridgehead atoms. The van der Waals surface area contributed by atoms with Crippen LogP contribution in [0.4, 0.5) is 13.2 Å². The highest BCUT2D eigenvalue weighted by Crippen LogP contribution is 2.36. The van der Waals surface area contributed by atoms with Gasteiger partial charge in [0.2, 0.25) is 5.91 Å². The number of carbonyl (C=O) groups excluding carboxylic acids is 1. The highest BCUT2D eigenvalue weighted by molar-refractivity contribution is 5.87. The third-order valence-electron chi connectivity index (χ3n) is 6.79. The van der Waals surface area contributed by atoms with Gasteiger partial charge in [-0.05, 0) is 62.1 Å². The molecule has 0 saturated carbocycles. The fourth-order valence-electron chi connectivity index (χ4n) is 4.97. The van der Waals surface area contributed by atoms with Gasteiger partial charge in [0.15, 0.2) is 0 Å². The van der Waals surface area contributed by atoms with Crippen molar-refractivity contribution in [2.24, 2.45) is 0 Å². The number of hydrogen-bond donors (Lipinski definition) is 0. The van der Waals surface area contributed by atoms with Gasteiger partial charge in [0.1, 0.15) is 18.2 Å². The van der Waals surface area contributed by atoms with Crippen molar-refractivity contribution in [2.75, 3.05) is 6.54 Å². The minimum Gasteiger partial charge on any atom is -0.489 e. The van der Waals surface area contributed by atoms with E-state index in [9.17, 15) is 18.0 Å². The van der Waals surface area contributed by atoms with Gasteiger partial charge in [-0.15, -0.1) is 0 Å². The number of aromatic nitrogens is 3. The van der Waals surface area contributed by atoms with Gasteiger partial charge in [0.25, 0.3) is 0 Å². The molecule has 0 unspecified atom stereocenters. The van der Waals surface area contributed by atoms with E-state index in [1.807, 2.05) is 40.6 Å². The summed E-state index contributed by atoms with van der Waals surface area (Å²) in [5, 5.41) is 0. The number of carbonyl (C=O) groups is 1. The maximum absolute atomic E-state index is 13.1. The molecule has 5 rings (SSSR count). The second-order valence-corrected chi connectivity index (χ2v) is 9.31. The molecule has 1 atom stereocenters. The minimum absolute atomic E-state index is 0.0101. The monoisotopic (exact) mass is 520 g/mol. The Morgan fingerprint density at radius 2 is 2.00 bits per heavy atom. The van der Waals surface area contributed by atoms with Crippen LogP contribution in [0.5, 0.6) is 5.75 Å². The van der Waals surface area contributed by atoms with E-state index in [1.165, 1.54) is 12.1 Å². The number of hydrogen-bond acceptors (Lipinski definition) is 4. The predicted molar refractivity (Wildman–Crippen MR) is 137 cm³/mol. The lowest BCUT2D eigenvalue weighted by atomic mass is 10.0. The van der Waals surface area contributed by atoms with Crippen molar-refractivity contribution < 1.29 is 22.7 Å². The molecular formula is C29H27F3N4O2. The molecule has 38 heavy (non-hydrogen) atoms. The van der Waals surface area contributed by atoms with Gasteiger partial charge in [-0.1, -0.05) is 30.8 Å². The van der Waals surface area contributed by atoms with Crippen molar-refractivity contribution >= 4 is 11.4 Å². The Bertz CT molecular complexity index is 1490. The van der Waals surface area contributed by atoms with E-state index < -0.39 is 11.7 Å². The van der Waals surface area contributed by atoms with Gasteiger partial charge in [-0.2, -0.15) is 13.2 Å². The Kier molecular flexibility index (Phi) is 6.93. The van der Waals surface area contributed by atoms with E-state index >= 15 is 0 Å². The van der Waals surface area contributed by atoms with E-state index in [-0.39, 0.29) is 18.6 Å². The predicted octanol–water partition coefficient (Wildman–Crippen LogP) is 6.54. The lowest BCUT2D eigenvalue weighted by molar-refractivity contribution is -0.137. The summed E-state index contributed by atoms with van der Waals surface area (Å²) in [7, 11) is 0. The lowest BCUT2D eigenvalue weighted by Crippen LogP contribution is -2.38. The number of alkyl halides is 3. The Morgan fingerprint density at radius 1 is 1.18 bits per heavy atom. The van der Waals surface area contributed by atoms with Crippen molar-refractivity contribution in [3.05, 3.63) is 96.2 Å². The van der Waals surface area contributed by atoms with E-state index in [0.717, 1.165) is 54.0 Å². The average molecular weight is 521 g/mol. The van der Waals surface area contributed by atoms with E-state index in [2.05, 4.69) is 11.6 Å². The van der Waals surface area contributed by atoms with Crippen LogP contribution in [0.15, 0.2) is 73.6 Å². The number of fused-ring (bicyclic) bond motifs is 1. The first-order valence-corrected chi connectivity index (χ1v) is 12.4. The lowest BCUT2D eigenvalue weighted by Gasteiger charge is -2.34. The number of rotatable bonds is 6. The summed E-state index contributed by atoms with van der Waals surface area (Å²) in [4.78, 5) is 23.9. The van der Waals surface area contributed by atoms with Gasteiger partial charge in [0, 0.05) is 24.5 Å². The summed E-state index contributed by atoms with van der Waals surface area (Å²) in [5.41, 5.74) is 2.81. The summed E-state index contributed by atoms with van der Waals surface area (Å²) in [6, 6.07) is 12.2. The molecule has 6 nitrogen and oxygen atoms in total. The number of likely N-dealkylation sites (tertiary alicyclic amines) is 1. The maximum atomic E-state index is 13.1. The van der Waals surface area contributed by atoms with E-state index in [1.54, 1.807) is 18.3 Å². The zero-order chi connectivity index (χ0) is 26.9. The second kappa shape index (κ2) is 10.3. The highest BCUT2D eigenvalue weighted by atomic mass is 19.4. The SMILES string of the molecule is C=CC(=O)N1CCCC[C@H]1c1nc(-c2cccc(OCc3cccc(C(F)(F)F)c3)c2)c2c(C)nccn12. The molecule has 4 aromatic rings. The number of nitrogens with zero attached hydrogens (tertiary/aromatic N) is 4. The molecule has 1 aliphatic rings. The summed E-state index contributed by atoms with van der Waals surface area (Å²) >= 11 is 0. The van der Waals surface area contributed by atoms with Crippen LogP contribution in [0, 0.1) is 6.92 Å². The summed E-state index contributed by atoms with van der Waals surface area (Å²) < 4.78 is 47.1. The summed E-state index contributed by atoms with van der Waals surface area (Å²) in [5.74, 6) is 1.14. The first kappa shape index (κ1) is 25.5. The van der Waals surface area contributed by atoms with Crippen molar-refractivity contribution in [1.82, 2.24) is 19.3 Å². The molecule has 1 saturated heterocycles. The smallest absolute Gasteiger partial charge is 0.416 e. The number of ether oxygens (including phenoxy) is 1. The van der Waals surface area contributed by atoms with Crippen LogP contribution < -0.4 is 4.74 Å². The first-order valence-electron chi connectivity index (χ1n) is 12.4. The third-order valence-corrected chi connectivity index (χ3v) is 6.79. The van der Waals surface area contributed by atoms with Crippen LogP contribution >= 0.6 is 0 Å². The van der Waals surface area contributed by atoms with Crippen LogP contribution in [0.25, 0.3) is 16.8 Å². The van der Waals surface area contributed by atoms with Crippen LogP contribution in [0.3, 0.4) is 0 Å². The van der Waals surface area contributed by atoms with Crippen LogP contribution in [-0.4, -0.2) is 31.7 Å². The molecule has 2 aromatic heterocycles. The number of piperidine rings is 1. The van der Waals surface area contributed by atoms with Crippen molar-refractivity contribution in [3.8, 4) is 17.0 Å². The average Bonchev–Trinajstić information content (AvgIpc) is 3.32. The first-order chi connectivity index (χ1) is 18.3. The Labute approximate surface area is 218 Å². The molecule has 0 spiro atoms. The molecular weight excluding hydrogens is 493 g/mol. The van der Waals surface area contributed by atoms with Gasteiger partial charge in [-0.25, -0.2) is 4.98 Å². The molecule has 0 aliphatic carbocycles. The zero-order valence-corrected chi connectivity index (χ0v) is 20.9. The molecule has 3 heterocycles. The van der Waals surface area contributed by atoms with E-state index in [4.69, 9.17) is 9.72 Å². The molecule has 0 radical (unpaired) electrons. The largest absolute Gasteiger partial charge is 0.489 e. The Balaban J connectivity index is 1.49. The molecule has 1 aliphatic heterocycles. The summed E-state index contributed by atoms with van der Waals surface area (Å²) in [6.07, 6.45) is 3.21. The maximum Gasteiger partial charge on any atom is 0.416 e. The third kappa shape index (κ3) is 5.01. The van der Waals surface area contributed by atoms with Gasteiger partial charge < -0.3 is 9.64 Å². The van der Waals surface area contributed by atoms with Gasteiger partial charge in [0.05, 0.1) is 28.5 Å². The normalized spacial score (nSPS) is 16.0. The Morgan fingerprint density at radius 3 is 2.79 bits per heavy atom. The number of imidazole rings is 1. The van der Waals surface area contributed by atoms with Crippen LogP contribution in [0.1, 0.15) is 47.9 Å². The van der Waals surface area contributed by atoms with Crippen molar-refractivity contribution in [1.29, 1.82) is 0 Å². The van der Waals surface area contributed by atoms with Crippen LogP contribution in [-0.2, 0) is 17.6 Å². The standard InChI is InChI=1S/C29H27F3N4O2/c1-3-25(37)35-14-5-4-12-24(35)28-34-26(27-19(2)33-13-15-36(27)28)21-9-7-11-23(17-21)38-18-20-8-6-10-22(16-20)29(30,31)32/h3,6-11,13,15-17,24H,1,4-5,12,14,18H2,2H3/t24-/m0/s1. The van der Waals surface area contributed by atoms with Crippen LogP contribution in [0.2, 0.25) is 0 Å². The molecule has 2 aromatic carbocycles. The van der Waals surface area contributed by atoms with Crippen molar-refractivity contribution in [3.63, 3.8) is 0 Å². The quantitative estimate of drug-likeness (QED) is 0.271. The van der Waals surface area contributed by atoms with Crippen molar-refractivity contribution in [2.45, 2.75) is 45.0 Å². The molecule has 1 fully saturated rings. The van der Waals surface area contributed by atoms with Gasteiger partial charge >= 0.3 is 6.18 Å². The number of amides is 1.